The van der Waals surface area contributed by atoms with Gasteiger partial charge in [0.05, 0.1) is 0 Å². The van der Waals surface area contributed by atoms with Crippen LogP contribution in [0.25, 0.3) is 0 Å². The van der Waals surface area contributed by atoms with E-state index in [1.54, 1.807) is 0 Å². The summed E-state index contributed by atoms with van der Waals surface area (Å²) < 4.78 is 0. The van der Waals surface area contributed by atoms with E-state index in [1.165, 1.54) is 38.8 Å². The lowest BCUT2D eigenvalue weighted by Gasteiger charge is -2.23. The van der Waals surface area contributed by atoms with E-state index in [4.69, 9.17) is 10.8 Å². The van der Waals surface area contributed by atoms with Crippen LogP contribution in [-0.4, -0.2) is 42.3 Å². The van der Waals surface area contributed by atoms with Crippen LogP contribution in [0, 0.1) is 0 Å². The zero-order valence-electron chi connectivity index (χ0n) is 8.41. The Labute approximate surface area is 80.9 Å². The Balaban J connectivity index is 2.17. The molecule has 1 saturated heterocycles. The fourth-order valence-electron chi connectivity index (χ4n) is 1.91. The van der Waals surface area contributed by atoms with Gasteiger partial charge in [-0.15, -0.1) is 0 Å². The van der Waals surface area contributed by atoms with E-state index in [1.807, 2.05) is 0 Å². The second kappa shape index (κ2) is 6.35. The molecule has 0 aromatic rings. The molecule has 0 aromatic carbocycles. The van der Waals surface area contributed by atoms with Crippen molar-refractivity contribution in [3.63, 3.8) is 0 Å². The van der Waals surface area contributed by atoms with Gasteiger partial charge in [-0.25, -0.2) is 0 Å². The Morgan fingerprint density at radius 3 is 2.31 bits per heavy atom. The van der Waals surface area contributed by atoms with Gasteiger partial charge in [0.2, 0.25) is 0 Å². The maximum Gasteiger partial charge on any atom is 0.0446 e. The third kappa shape index (κ3) is 4.60. The molecule has 1 aliphatic heterocycles. The number of nitrogens with zero attached hydrogens (tertiary/aromatic N) is 1. The molecule has 0 saturated carbocycles. The third-order valence-electron chi connectivity index (χ3n) is 2.69. The first-order valence-electron chi connectivity index (χ1n) is 5.41. The summed E-state index contributed by atoms with van der Waals surface area (Å²) >= 11 is 0. The Morgan fingerprint density at radius 2 is 1.77 bits per heavy atom. The second-order valence-corrected chi connectivity index (χ2v) is 3.99. The van der Waals surface area contributed by atoms with Crippen LogP contribution >= 0.6 is 0 Å². The van der Waals surface area contributed by atoms with Crippen LogP contribution in [0.15, 0.2) is 0 Å². The number of nitrogens with two attached hydrogens (primary N) is 1. The van der Waals surface area contributed by atoms with E-state index in [2.05, 4.69) is 4.90 Å². The van der Waals surface area contributed by atoms with Crippen LogP contribution < -0.4 is 5.73 Å². The molecular weight excluding hydrogens is 164 g/mol. The average molecular weight is 186 g/mol. The minimum atomic E-state index is 0.156. The van der Waals surface area contributed by atoms with Crippen LogP contribution in [0.4, 0.5) is 0 Å². The normalized spacial score (nSPS) is 22.6. The quantitative estimate of drug-likeness (QED) is 0.675. The van der Waals surface area contributed by atoms with Crippen molar-refractivity contribution in [3.8, 4) is 0 Å². The maximum absolute atomic E-state index is 8.72. The largest absolute Gasteiger partial charge is 0.396 e. The van der Waals surface area contributed by atoms with Gasteiger partial charge in [0.25, 0.3) is 0 Å². The predicted molar refractivity (Wildman–Crippen MR) is 54.6 cm³/mol. The zero-order valence-corrected chi connectivity index (χ0v) is 8.41. The van der Waals surface area contributed by atoms with Crippen molar-refractivity contribution in [1.29, 1.82) is 0 Å². The van der Waals surface area contributed by atoms with Crippen molar-refractivity contribution < 1.29 is 5.11 Å². The molecule has 3 heteroatoms. The predicted octanol–water partition coefficient (Wildman–Crippen LogP) is 0.572. The van der Waals surface area contributed by atoms with Gasteiger partial charge in [0.1, 0.15) is 0 Å². The van der Waals surface area contributed by atoms with Gasteiger partial charge in [-0.05, 0) is 32.4 Å². The summed E-state index contributed by atoms with van der Waals surface area (Å²) in [5, 5.41) is 8.72. The van der Waals surface area contributed by atoms with Gasteiger partial charge in [-0.2, -0.15) is 0 Å². The molecule has 0 aromatic heterocycles. The second-order valence-electron chi connectivity index (χ2n) is 3.99. The maximum atomic E-state index is 8.72. The molecule has 1 fully saturated rings. The fraction of sp³-hybridized carbons (Fsp3) is 1.00. The van der Waals surface area contributed by atoms with Gasteiger partial charge in [0, 0.05) is 19.2 Å². The molecule has 0 bridgehead atoms. The van der Waals surface area contributed by atoms with E-state index in [-0.39, 0.29) is 12.6 Å². The molecule has 1 heterocycles. The monoisotopic (exact) mass is 186 g/mol. The summed E-state index contributed by atoms with van der Waals surface area (Å²) in [7, 11) is 0. The minimum Gasteiger partial charge on any atom is -0.396 e. The van der Waals surface area contributed by atoms with Crippen molar-refractivity contribution in [2.75, 3.05) is 26.2 Å². The topological polar surface area (TPSA) is 49.5 Å². The summed E-state index contributed by atoms with van der Waals surface area (Å²) in [6.45, 7) is 3.56. The van der Waals surface area contributed by atoms with Crippen LogP contribution in [-0.2, 0) is 0 Å². The average Bonchev–Trinajstić information content (AvgIpc) is 2.33. The lowest BCUT2D eigenvalue weighted by atomic mass is 10.2. The highest BCUT2D eigenvalue weighted by Gasteiger charge is 2.11. The molecule has 0 amide bonds. The van der Waals surface area contributed by atoms with Crippen molar-refractivity contribution in [2.45, 2.75) is 38.1 Å². The molecule has 13 heavy (non-hydrogen) atoms. The highest BCUT2D eigenvalue weighted by molar-refractivity contribution is 4.70. The van der Waals surface area contributed by atoms with E-state index in [0.29, 0.717) is 0 Å². The number of hydrogen-bond donors (Lipinski definition) is 2. The Kier molecular flexibility index (Phi) is 5.35. The Hall–Kier alpha value is -0.120. The van der Waals surface area contributed by atoms with Crippen molar-refractivity contribution in [2.24, 2.45) is 5.73 Å². The van der Waals surface area contributed by atoms with Crippen molar-refractivity contribution >= 4 is 0 Å². The zero-order chi connectivity index (χ0) is 9.52. The lowest BCUT2D eigenvalue weighted by molar-refractivity contribution is 0.229. The molecule has 1 unspecified atom stereocenters. The summed E-state index contributed by atoms with van der Waals surface area (Å²) in [6, 6.07) is 0.156. The van der Waals surface area contributed by atoms with Gasteiger partial charge in [-0.3, -0.25) is 0 Å². The summed E-state index contributed by atoms with van der Waals surface area (Å²) in [5.74, 6) is 0. The fourth-order valence-corrected chi connectivity index (χ4v) is 1.91. The van der Waals surface area contributed by atoms with E-state index < -0.39 is 0 Å². The van der Waals surface area contributed by atoms with Gasteiger partial charge in [-0.1, -0.05) is 12.8 Å². The van der Waals surface area contributed by atoms with Crippen molar-refractivity contribution in [1.82, 2.24) is 4.90 Å². The Morgan fingerprint density at radius 1 is 1.15 bits per heavy atom. The summed E-state index contributed by atoms with van der Waals surface area (Å²) in [4.78, 5) is 2.44. The molecule has 0 radical (unpaired) electrons. The number of rotatable bonds is 4. The first-order chi connectivity index (χ1) is 6.33. The molecule has 0 aliphatic carbocycles. The van der Waals surface area contributed by atoms with Crippen LogP contribution in [0.3, 0.4) is 0 Å². The third-order valence-corrected chi connectivity index (χ3v) is 2.69. The molecule has 78 valence electrons. The van der Waals surface area contributed by atoms with E-state index in [0.717, 1.165) is 13.0 Å². The van der Waals surface area contributed by atoms with E-state index in [9.17, 15) is 0 Å². The minimum absolute atomic E-state index is 0.156. The number of aliphatic hydroxyl groups excluding tert-OH is 1. The number of hydrogen-bond acceptors (Lipinski definition) is 3. The molecule has 3 nitrogen and oxygen atoms in total. The molecule has 1 rings (SSSR count). The molecule has 3 N–H and O–H groups in total. The lowest BCUT2D eigenvalue weighted by Crippen LogP contribution is -2.38. The van der Waals surface area contributed by atoms with Crippen LogP contribution in [0.2, 0.25) is 0 Å². The van der Waals surface area contributed by atoms with Gasteiger partial charge in [0.15, 0.2) is 0 Å². The first-order valence-corrected chi connectivity index (χ1v) is 5.41. The first kappa shape index (κ1) is 11.0. The summed E-state index contributed by atoms with van der Waals surface area (Å²) in [6.07, 6.45) is 6.09. The smallest absolute Gasteiger partial charge is 0.0446 e. The molecule has 0 spiro atoms. The molecule has 1 aliphatic rings. The highest BCUT2D eigenvalue weighted by atomic mass is 16.3. The van der Waals surface area contributed by atoms with Crippen molar-refractivity contribution in [3.05, 3.63) is 0 Å². The number of aliphatic hydroxyl groups is 1. The SMILES string of the molecule is NC(CCO)CN1CCCCCC1. The van der Waals surface area contributed by atoms with Gasteiger partial charge >= 0.3 is 0 Å². The number of likely N-dealkylation sites (tertiary alicyclic amines) is 1. The van der Waals surface area contributed by atoms with E-state index >= 15 is 0 Å². The molecule has 1 atom stereocenters. The molecular formula is C10H22N2O. The van der Waals surface area contributed by atoms with Gasteiger partial charge < -0.3 is 15.7 Å². The van der Waals surface area contributed by atoms with Crippen LogP contribution in [0.5, 0.6) is 0 Å². The standard InChI is InChI=1S/C10H22N2O/c11-10(5-8-13)9-12-6-3-1-2-4-7-12/h10,13H,1-9,11H2. The highest BCUT2D eigenvalue weighted by Crippen LogP contribution is 2.09. The van der Waals surface area contributed by atoms with Crippen LogP contribution in [0.1, 0.15) is 32.1 Å². The summed E-state index contributed by atoms with van der Waals surface area (Å²) in [5.41, 5.74) is 5.86. The Bertz CT molecular complexity index is 122.